The Morgan fingerprint density at radius 2 is 1.17 bits per heavy atom. The molecule has 2 fully saturated rings. The van der Waals surface area contributed by atoms with E-state index >= 15 is 0 Å². The predicted molar refractivity (Wildman–Crippen MR) is 45.4 cm³/mol. The third kappa shape index (κ3) is 1.75. The summed E-state index contributed by atoms with van der Waals surface area (Å²) in [4.78, 5) is 0. The number of fused-ring (bicyclic) bond motifs is 2. The second-order valence-electron chi connectivity index (χ2n) is 4.29. The molecule has 2 bridgehead atoms. The molecule has 4 heteroatoms. The summed E-state index contributed by atoms with van der Waals surface area (Å²) < 4.78 is 0. The number of hydrogen-bond acceptors (Lipinski definition) is 2. The Morgan fingerprint density at radius 1 is 0.833 bits per heavy atom. The molecule has 0 radical (unpaired) electrons. The van der Waals surface area contributed by atoms with E-state index in [4.69, 9.17) is 0 Å². The predicted octanol–water partition coefficient (Wildman–Crippen LogP) is -1.47. The minimum Gasteiger partial charge on any atom is -0.583 e. The maximum absolute atomic E-state index is 9.77. The summed E-state index contributed by atoms with van der Waals surface area (Å²) in [6, 6.07) is 0. The summed E-state index contributed by atoms with van der Waals surface area (Å²) in [6.45, 7) is -1.95. The van der Waals surface area contributed by atoms with Crippen molar-refractivity contribution < 1.29 is 39.6 Å². The third-order valence-electron chi connectivity index (χ3n) is 3.69. The van der Waals surface area contributed by atoms with Crippen LogP contribution < -0.4 is 29.6 Å². The molecule has 0 aromatic heterocycles. The molecule has 2 rings (SSSR count). The van der Waals surface area contributed by atoms with Crippen LogP contribution in [0.4, 0.5) is 0 Å². The van der Waals surface area contributed by atoms with E-state index in [1.54, 1.807) is 0 Å². The van der Waals surface area contributed by atoms with Gasteiger partial charge in [0.05, 0.1) is 0 Å². The molecule has 64 valence electrons. The Bertz CT molecular complexity index is 139. The van der Waals surface area contributed by atoms with Gasteiger partial charge in [0.1, 0.15) is 0 Å². The first kappa shape index (κ1) is 11.1. The van der Waals surface area contributed by atoms with Crippen molar-refractivity contribution in [3.8, 4) is 0 Å². The van der Waals surface area contributed by atoms with E-state index in [1.165, 1.54) is 12.8 Å². The Hall–Kier alpha value is 0.985. The van der Waals surface area contributed by atoms with Crippen LogP contribution in [0.1, 0.15) is 38.5 Å². The van der Waals surface area contributed by atoms with E-state index in [0.29, 0.717) is 0 Å². The molecule has 0 aliphatic carbocycles. The van der Waals surface area contributed by atoms with Crippen LogP contribution in [0.2, 0.25) is 11.6 Å². The van der Waals surface area contributed by atoms with Crippen LogP contribution in [0, 0.1) is 0 Å². The second kappa shape index (κ2) is 4.01. The van der Waals surface area contributed by atoms with E-state index in [0.717, 1.165) is 25.7 Å². The zero-order valence-corrected chi connectivity index (χ0v) is 9.87. The molecule has 2 saturated heterocycles. The van der Waals surface area contributed by atoms with Crippen LogP contribution in [0.3, 0.4) is 0 Å². The molecule has 0 amide bonds. The Labute approximate surface area is 96.0 Å². The molecule has 12 heavy (non-hydrogen) atoms. The van der Waals surface area contributed by atoms with Gasteiger partial charge in [-0.3, -0.25) is 0 Å². The van der Waals surface area contributed by atoms with Gasteiger partial charge in [-0.05, 0) is 0 Å². The molecule has 0 atom stereocenters. The van der Waals surface area contributed by atoms with Crippen molar-refractivity contribution in [1.82, 2.24) is 0 Å². The van der Waals surface area contributed by atoms with Crippen LogP contribution in [0.15, 0.2) is 0 Å². The smallest absolute Gasteiger partial charge is 0.583 e. The van der Waals surface area contributed by atoms with Crippen molar-refractivity contribution >= 4 is 6.55 Å². The number of rotatable bonds is 0. The molecule has 2 nitrogen and oxygen atoms in total. The molecule has 0 aromatic rings. The van der Waals surface area contributed by atoms with Crippen LogP contribution in [-0.2, 0) is 0 Å². The molecule has 2 aliphatic rings. The monoisotopic (exact) mass is 178 g/mol. The summed E-state index contributed by atoms with van der Waals surface area (Å²) >= 11 is 0. The molecule has 0 unspecified atom stereocenters. The summed E-state index contributed by atoms with van der Waals surface area (Å²) in [5.74, 6) is 0.477. The molecular formula is C8H16BNaO2. The van der Waals surface area contributed by atoms with Gasteiger partial charge in [0, 0.05) is 0 Å². The minimum absolute atomic E-state index is 0. The second-order valence-corrected chi connectivity index (χ2v) is 4.29. The van der Waals surface area contributed by atoms with E-state index in [9.17, 15) is 10.0 Å². The maximum atomic E-state index is 9.77. The van der Waals surface area contributed by atoms with Crippen molar-refractivity contribution in [1.29, 1.82) is 0 Å². The first-order valence-electron chi connectivity index (χ1n) is 4.82. The van der Waals surface area contributed by atoms with Gasteiger partial charge in [0.15, 0.2) is 0 Å². The average molecular weight is 178 g/mol. The maximum Gasteiger partial charge on any atom is 1.00 e. The average Bonchev–Trinajstić information content (AvgIpc) is 1.82. The van der Waals surface area contributed by atoms with Crippen molar-refractivity contribution in [2.24, 2.45) is 0 Å². The molecule has 0 spiro atoms. The number of hydrogen-bond donors (Lipinski definition) is 2. The summed E-state index contributed by atoms with van der Waals surface area (Å²) in [5.41, 5.74) is 0. The van der Waals surface area contributed by atoms with E-state index in [1.807, 2.05) is 0 Å². The van der Waals surface area contributed by atoms with Crippen LogP contribution >= 0.6 is 0 Å². The topological polar surface area (TPSA) is 40.5 Å². The fourth-order valence-corrected chi connectivity index (χ4v) is 2.94. The molecule has 0 saturated carbocycles. The molecule has 2 aliphatic heterocycles. The zero-order valence-electron chi connectivity index (χ0n) is 7.87. The zero-order chi connectivity index (χ0) is 7.90. The largest absolute Gasteiger partial charge is 1.00 e. The normalized spacial score (nSPS) is 38.5. The molecular weight excluding hydrogens is 162 g/mol. The summed E-state index contributed by atoms with van der Waals surface area (Å²) in [6.07, 6.45) is 6.60. The van der Waals surface area contributed by atoms with E-state index in [-0.39, 0.29) is 41.2 Å². The quantitative estimate of drug-likeness (QED) is 0.444. The molecule has 2 heterocycles. The minimum atomic E-state index is -1.95. The molecule has 2 N–H and O–H groups in total. The van der Waals surface area contributed by atoms with Crippen molar-refractivity contribution in [3.63, 3.8) is 0 Å². The standard InChI is InChI=1S/C8H16BO2.Na/c10-9(11)7-3-1-4-8(9)6-2-5-7;/h7-8,10-11H,1-6H2;/q-1;+1. The van der Waals surface area contributed by atoms with Gasteiger partial charge in [0.25, 0.3) is 0 Å². The fraction of sp³-hybridized carbons (Fsp3) is 1.00. The van der Waals surface area contributed by atoms with Crippen molar-refractivity contribution in [2.75, 3.05) is 0 Å². The summed E-state index contributed by atoms with van der Waals surface area (Å²) in [5, 5.41) is 19.5. The Balaban J connectivity index is 0.000000720. The summed E-state index contributed by atoms with van der Waals surface area (Å²) in [7, 11) is 0. The van der Waals surface area contributed by atoms with Gasteiger partial charge in [0.2, 0.25) is 6.55 Å². The van der Waals surface area contributed by atoms with Crippen molar-refractivity contribution in [2.45, 2.75) is 50.2 Å². The SMILES string of the molecule is O[B-]1(O)C2CCCC1CCC2.[Na+]. The van der Waals surface area contributed by atoms with Crippen molar-refractivity contribution in [3.05, 3.63) is 0 Å². The van der Waals surface area contributed by atoms with Gasteiger partial charge in [-0.15, -0.1) is 11.6 Å². The van der Waals surface area contributed by atoms with Crippen LogP contribution in [-0.4, -0.2) is 16.6 Å². The first-order valence-corrected chi connectivity index (χ1v) is 4.82. The van der Waals surface area contributed by atoms with Crippen LogP contribution in [0.25, 0.3) is 0 Å². The van der Waals surface area contributed by atoms with Gasteiger partial charge < -0.3 is 10.0 Å². The van der Waals surface area contributed by atoms with Gasteiger partial charge >= 0.3 is 29.6 Å². The fourth-order valence-electron chi connectivity index (χ4n) is 2.94. The molecule has 0 aromatic carbocycles. The van der Waals surface area contributed by atoms with Gasteiger partial charge in [-0.2, -0.15) is 0 Å². The van der Waals surface area contributed by atoms with E-state index in [2.05, 4.69) is 0 Å². The van der Waals surface area contributed by atoms with Gasteiger partial charge in [-0.1, -0.05) is 38.5 Å². The van der Waals surface area contributed by atoms with Gasteiger partial charge in [-0.25, -0.2) is 0 Å². The third-order valence-corrected chi connectivity index (χ3v) is 3.69. The van der Waals surface area contributed by atoms with Crippen LogP contribution in [0.5, 0.6) is 0 Å². The Morgan fingerprint density at radius 3 is 1.42 bits per heavy atom. The first-order chi connectivity index (χ1) is 5.21. The van der Waals surface area contributed by atoms with E-state index < -0.39 is 6.55 Å². The Kier molecular flexibility index (Phi) is 3.70.